The quantitative estimate of drug-likeness (QED) is 0.448. The fourth-order valence-corrected chi connectivity index (χ4v) is 3.85. The van der Waals surface area contributed by atoms with Gasteiger partial charge in [-0.05, 0) is 5.92 Å². The molecule has 9 nitrogen and oxygen atoms in total. The highest BCUT2D eigenvalue weighted by molar-refractivity contribution is 7.99. The summed E-state index contributed by atoms with van der Waals surface area (Å²) in [5.41, 5.74) is 5.58. The number of rotatable bonds is 7. The molecule has 0 amide bonds. The molecule has 158 valence electrons. The van der Waals surface area contributed by atoms with E-state index < -0.39 is 17.0 Å². The number of carbonyl (C=O) groups excluding carboxylic acids is 1. The summed E-state index contributed by atoms with van der Waals surface area (Å²) in [6.45, 7) is 4.16. The molecule has 0 radical (unpaired) electrons. The number of anilines is 1. The van der Waals surface area contributed by atoms with Gasteiger partial charge in [0.15, 0.2) is 16.8 Å². The van der Waals surface area contributed by atoms with Crippen LogP contribution in [-0.4, -0.2) is 35.4 Å². The predicted molar refractivity (Wildman–Crippen MR) is 117 cm³/mol. The van der Waals surface area contributed by atoms with Crippen LogP contribution in [0.4, 0.5) is 5.82 Å². The number of ketones is 1. The van der Waals surface area contributed by atoms with E-state index in [-0.39, 0.29) is 23.1 Å². The monoisotopic (exact) mass is 428 g/mol. The standard InChI is InChI=1S/C20H24N6O3S/c1-12(2)10-26-16(21)15(18(28)25(4)20(26)29)14(27)11-30-19-23-22-17(24(19)3)13-8-6-5-7-9-13/h5-9,12H,10-11,21H2,1-4H3. The van der Waals surface area contributed by atoms with Crippen LogP contribution in [-0.2, 0) is 20.6 Å². The first-order valence-corrected chi connectivity index (χ1v) is 10.4. The Morgan fingerprint density at radius 3 is 2.40 bits per heavy atom. The topological polar surface area (TPSA) is 118 Å². The van der Waals surface area contributed by atoms with Gasteiger partial charge in [0.05, 0.1) is 5.75 Å². The zero-order chi connectivity index (χ0) is 22.0. The average Bonchev–Trinajstić information content (AvgIpc) is 3.09. The zero-order valence-electron chi connectivity index (χ0n) is 17.3. The van der Waals surface area contributed by atoms with Crippen LogP contribution in [0.1, 0.15) is 24.2 Å². The lowest BCUT2D eigenvalue weighted by Crippen LogP contribution is -2.43. The minimum Gasteiger partial charge on any atom is -0.384 e. The minimum atomic E-state index is -0.689. The van der Waals surface area contributed by atoms with Gasteiger partial charge in [0, 0.05) is 26.2 Å². The molecule has 0 saturated carbocycles. The van der Waals surface area contributed by atoms with Crippen LogP contribution in [0.15, 0.2) is 45.1 Å². The van der Waals surface area contributed by atoms with Crippen LogP contribution in [0.5, 0.6) is 0 Å². The fraction of sp³-hybridized carbons (Fsp3) is 0.350. The van der Waals surface area contributed by atoms with Gasteiger partial charge in [0.2, 0.25) is 0 Å². The van der Waals surface area contributed by atoms with Gasteiger partial charge in [-0.2, -0.15) is 0 Å². The molecular weight excluding hydrogens is 404 g/mol. The first-order valence-electron chi connectivity index (χ1n) is 9.42. The summed E-state index contributed by atoms with van der Waals surface area (Å²) in [7, 11) is 3.16. The summed E-state index contributed by atoms with van der Waals surface area (Å²) in [4.78, 5) is 37.8. The highest BCUT2D eigenvalue weighted by atomic mass is 32.2. The van der Waals surface area contributed by atoms with E-state index in [1.807, 2.05) is 51.2 Å². The Kier molecular flexibility index (Phi) is 6.25. The van der Waals surface area contributed by atoms with Gasteiger partial charge in [-0.25, -0.2) is 4.79 Å². The second-order valence-corrected chi connectivity index (χ2v) is 8.30. The van der Waals surface area contributed by atoms with Crippen LogP contribution < -0.4 is 17.0 Å². The molecule has 0 atom stereocenters. The van der Waals surface area contributed by atoms with E-state index in [1.165, 1.54) is 11.6 Å². The van der Waals surface area contributed by atoms with Crippen LogP contribution in [0, 0.1) is 5.92 Å². The van der Waals surface area contributed by atoms with Gasteiger partial charge >= 0.3 is 5.69 Å². The molecule has 0 saturated heterocycles. The molecule has 0 aliphatic heterocycles. The SMILES string of the molecule is CC(C)Cn1c(N)c(C(=O)CSc2nnc(-c3ccccc3)n2C)c(=O)n(C)c1=O. The molecule has 0 bridgehead atoms. The van der Waals surface area contributed by atoms with E-state index in [0.29, 0.717) is 17.5 Å². The van der Waals surface area contributed by atoms with Crippen molar-refractivity contribution in [1.82, 2.24) is 23.9 Å². The third kappa shape index (κ3) is 4.09. The Bertz CT molecular complexity index is 1190. The van der Waals surface area contributed by atoms with Crippen molar-refractivity contribution >= 4 is 23.4 Å². The number of hydrogen-bond donors (Lipinski definition) is 1. The Balaban J connectivity index is 1.87. The largest absolute Gasteiger partial charge is 0.384 e. The molecule has 30 heavy (non-hydrogen) atoms. The number of thioether (sulfide) groups is 1. The third-order valence-electron chi connectivity index (χ3n) is 4.61. The molecule has 10 heteroatoms. The van der Waals surface area contributed by atoms with Crippen molar-refractivity contribution < 1.29 is 4.79 Å². The maximum Gasteiger partial charge on any atom is 0.332 e. The van der Waals surface area contributed by atoms with E-state index in [4.69, 9.17) is 5.73 Å². The summed E-state index contributed by atoms with van der Waals surface area (Å²) < 4.78 is 3.99. The van der Waals surface area contributed by atoms with Crippen molar-refractivity contribution in [3.8, 4) is 11.4 Å². The van der Waals surface area contributed by atoms with Crippen molar-refractivity contribution in [1.29, 1.82) is 0 Å². The molecule has 0 unspecified atom stereocenters. The Labute approximate surface area is 177 Å². The number of Topliss-reactive ketones (excluding diaryl/α,β-unsaturated/α-hetero) is 1. The van der Waals surface area contributed by atoms with Crippen molar-refractivity contribution in [3.05, 3.63) is 56.7 Å². The molecule has 2 heterocycles. The van der Waals surface area contributed by atoms with Crippen molar-refractivity contribution in [2.45, 2.75) is 25.5 Å². The summed E-state index contributed by atoms with van der Waals surface area (Å²) in [5, 5.41) is 8.87. The maximum absolute atomic E-state index is 12.9. The number of nitrogen functional groups attached to an aromatic ring is 1. The average molecular weight is 429 g/mol. The molecule has 2 N–H and O–H groups in total. The summed E-state index contributed by atoms with van der Waals surface area (Å²) >= 11 is 1.16. The predicted octanol–water partition coefficient (Wildman–Crippen LogP) is 1.56. The normalized spacial score (nSPS) is 11.2. The molecule has 0 fully saturated rings. The molecule has 0 aliphatic carbocycles. The van der Waals surface area contributed by atoms with E-state index in [1.54, 1.807) is 4.57 Å². The summed E-state index contributed by atoms with van der Waals surface area (Å²) in [6.07, 6.45) is 0. The lowest BCUT2D eigenvalue weighted by atomic mass is 10.2. The molecule has 1 aromatic carbocycles. The highest BCUT2D eigenvalue weighted by Gasteiger charge is 2.23. The van der Waals surface area contributed by atoms with E-state index in [0.717, 1.165) is 21.9 Å². The second kappa shape index (κ2) is 8.70. The number of nitrogens with two attached hydrogens (primary N) is 1. The van der Waals surface area contributed by atoms with Crippen LogP contribution in [0.3, 0.4) is 0 Å². The van der Waals surface area contributed by atoms with Gasteiger partial charge < -0.3 is 10.3 Å². The molecule has 3 aromatic rings. The van der Waals surface area contributed by atoms with E-state index in [9.17, 15) is 14.4 Å². The van der Waals surface area contributed by atoms with Gasteiger partial charge in [-0.15, -0.1) is 10.2 Å². The first kappa shape index (κ1) is 21.6. The minimum absolute atomic E-state index is 0.0555. The van der Waals surface area contributed by atoms with Gasteiger partial charge in [-0.1, -0.05) is 55.9 Å². The number of benzene rings is 1. The summed E-state index contributed by atoms with van der Waals surface area (Å²) in [6, 6.07) is 9.58. The third-order valence-corrected chi connectivity index (χ3v) is 5.63. The van der Waals surface area contributed by atoms with Crippen LogP contribution >= 0.6 is 11.8 Å². The van der Waals surface area contributed by atoms with Crippen LogP contribution in [0.25, 0.3) is 11.4 Å². The Hall–Kier alpha value is -3.14. The summed E-state index contributed by atoms with van der Waals surface area (Å²) in [5.74, 6) is 0.187. The van der Waals surface area contributed by atoms with Gasteiger partial charge in [-0.3, -0.25) is 18.7 Å². The molecule has 2 aromatic heterocycles. The van der Waals surface area contributed by atoms with Crippen molar-refractivity contribution in [3.63, 3.8) is 0 Å². The fourth-order valence-electron chi connectivity index (χ4n) is 3.07. The number of carbonyl (C=O) groups is 1. The van der Waals surface area contributed by atoms with Crippen molar-refractivity contribution in [2.24, 2.45) is 20.0 Å². The Morgan fingerprint density at radius 2 is 1.77 bits per heavy atom. The maximum atomic E-state index is 12.9. The smallest absolute Gasteiger partial charge is 0.332 e. The van der Waals surface area contributed by atoms with Gasteiger partial charge in [0.1, 0.15) is 11.4 Å². The molecule has 3 rings (SSSR count). The molecule has 0 spiro atoms. The van der Waals surface area contributed by atoms with Crippen molar-refractivity contribution in [2.75, 3.05) is 11.5 Å². The lowest BCUT2D eigenvalue weighted by molar-refractivity contribution is 0.102. The van der Waals surface area contributed by atoms with Crippen LogP contribution in [0.2, 0.25) is 0 Å². The number of hydrogen-bond acceptors (Lipinski definition) is 7. The molecular formula is C20H24N6O3S. The first-order chi connectivity index (χ1) is 14.2. The Morgan fingerprint density at radius 1 is 1.10 bits per heavy atom. The second-order valence-electron chi connectivity index (χ2n) is 7.35. The van der Waals surface area contributed by atoms with E-state index >= 15 is 0 Å². The number of nitrogens with zero attached hydrogens (tertiary/aromatic N) is 5. The molecule has 0 aliphatic rings. The zero-order valence-corrected chi connectivity index (χ0v) is 18.1. The highest BCUT2D eigenvalue weighted by Crippen LogP contribution is 2.23. The van der Waals surface area contributed by atoms with Gasteiger partial charge in [0.25, 0.3) is 5.56 Å². The number of aromatic nitrogens is 5. The van der Waals surface area contributed by atoms with E-state index in [2.05, 4.69) is 10.2 Å². The lowest BCUT2D eigenvalue weighted by Gasteiger charge is -2.16.